The van der Waals surface area contributed by atoms with Crippen LogP contribution in [0.3, 0.4) is 0 Å². The van der Waals surface area contributed by atoms with Crippen LogP contribution in [0.1, 0.15) is 121 Å². The normalized spacial score (nSPS) is 31.9. The minimum absolute atomic E-state index is 0.00823. The SMILES string of the molecule is CC1CCC(C(C)C)C(=NC(C)(C)CCC(C)(C)N=C2CC(C)CCC2C(C)C)C1. The Labute approximate surface area is 188 Å². The van der Waals surface area contributed by atoms with Crippen LogP contribution in [0, 0.1) is 35.5 Å². The molecule has 0 aromatic heterocycles. The van der Waals surface area contributed by atoms with Crippen molar-refractivity contribution < 1.29 is 0 Å². The molecule has 2 nitrogen and oxygen atoms in total. The Balaban J connectivity index is 2.10. The van der Waals surface area contributed by atoms with Gasteiger partial charge in [0.2, 0.25) is 0 Å². The lowest BCUT2D eigenvalue weighted by Crippen LogP contribution is -2.34. The van der Waals surface area contributed by atoms with E-state index in [1.54, 1.807) is 0 Å². The predicted octanol–water partition coefficient (Wildman–Crippen LogP) is 8.39. The van der Waals surface area contributed by atoms with Crippen molar-refractivity contribution in [3.05, 3.63) is 0 Å². The van der Waals surface area contributed by atoms with Crippen molar-refractivity contribution in [2.24, 2.45) is 45.5 Å². The summed E-state index contributed by atoms with van der Waals surface area (Å²) < 4.78 is 0. The zero-order valence-electron chi connectivity index (χ0n) is 22.0. The summed E-state index contributed by atoms with van der Waals surface area (Å²) in [6, 6.07) is 0. The van der Waals surface area contributed by atoms with Crippen LogP contribution in [0.4, 0.5) is 0 Å². The van der Waals surface area contributed by atoms with Gasteiger partial charge in [0.05, 0.1) is 11.1 Å². The van der Waals surface area contributed by atoms with E-state index >= 15 is 0 Å². The average molecular weight is 417 g/mol. The Morgan fingerprint density at radius 3 is 1.30 bits per heavy atom. The van der Waals surface area contributed by atoms with Gasteiger partial charge in [-0.3, -0.25) is 9.98 Å². The number of hydrogen-bond acceptors (Lipinski definition) is 2. The molecule has 2 aliphatic rings. The molecule has 2 fully saturated rings. The molecule has 0 N–H and O–H groups in total. The molecule has 0 amide bonds. The first-order valence-corrected chi connectivity index (χ1v) is 13.0. The molecule has 0 heterocycles. The number of nitrogens with zero attached hydrogens (tertiary/aromatic N) is 2. The molecule has 0 saturated heterocycles. The summed E-state index contributed by atoms with van der Waals surface area (Å²) in [4.78, 5) is 10.8. The Morgan fingerprint density at radius 2 is 1.00 bits per heavy atom. The predicted molar refractivity (Wildman–Crippen MR) is 135 cm³/mol. The molecule has 2 rings (SSSR count). The van der Waals surface area contributed by atoms with Gasteiger partial charge in [0, 0.05) is 11.4 Å². The third-order valence-electron chi connectivity index (χ3n) is 7.76. The molecule has 2 heteroatoms. The smallest absolute Gasteiger partial charge is 0.0552 e. The molecule has 174 valence electrons. The minimum Gasteiger partial charge on any atom is -0.288 e. The van der Waals surface area contributed by atoms with Gasteiger partial charge in [0.15, 0.2) is 0 Å². The van der Waals surface area contributed by atoms with Crippen molar-refractivity contribution in [2.75, 3.05) is 0 Å². The topological polar surface area (TPSA) is 24.7 Å². The maximum Gasteiger partial charge on any atom is 0.0552 e. The summed E-state index contributed by atoms with van der Waals surface area (Å²) in [7, 11) is 0. The molecule has 0 aromatic carbocycles. The highest BCUT2D eigenvalue weighted by Gasteiger charge is 2.32. The first-order chi connectivity index (χ1) is 13.8. The second-order valence-corrected chi connectivity index (χ2v) is 12.8. The summed E-state index contributed by atoms with van der Waals surface area (Å²) in [6.45, 7) is 23.7. The van der Waals surface area contributed by atoms with E-state index in [2.05, 4.69) is 69.2 Å². The molecule has 4 unspecified atom stereocenters. The summed E-state index contributed by atoms with van der Waals surface area (Å²) in [6.07, 6.45) is 9.99. The quantitative estimate of drug-likeness (QED) is 0.398. The minimum atomic E-state index is 0.00823. The lowest BCUT2D eigenvalue weighted by molar-refractivity contribution is 0.338. The van der Waals surface area contributed by atoms with Crippen LogP contribution >= 0.6 is 0 Å². The fraction of sp³-hybridized carbons (Fsp3) is 0.929. The van der Waals surface area contributed by atoms with Crippen LogP contribution < -0.4 is 0 Å². The lowest BCUT2D eigenvalue weighted by atomic mass is 9.75. The van der Waals surface area contributed by atoms with E-state index in [9.17, 15) is 0 Å². The summed E-state index contributed by atoms with van der Waals surface area (Å²) >= 11 is 0. The molecule has 0 spiro atoms. The number of hydrogen-bond donors (Lipinski definition) is 0. The second-order valence-electron chi connectivity index (χ2n) is 12.8. The molecule has 30 heavy (non-hydrogen) atoms. The van der Waals surface area contributed by atoms with Gasteiger partial charge >= 0.3 is 0 Å². The highest BCUT2D eigenvalue weighted by Crippen LogP contribution is 2.36. The van der Waals surface area contributed by atoms with Gasteiger partial charge in [0.1, 0.15) is 0 Å². The molecule has 0 radical (unpaired) electrons. The van der Waals surface area contributed by atoms with Crippen molar-refractivity contribution in [3.63, 3.8) is 0 Å². The van der Waals surface area contributed by atoms with E-state index in [4.69, 9.17) is 9.98 Å². The van der Waals surface area contributed by atoms with Gasteiger partial charge in [-0.1, -0.05) is 41.5 Å². The van der Waals surface area contributed by atoms with Crippen LogP contribution in [0.25, 0.3) is 0 Å². The number of rotatable bonds is 7. The lowest BCUT2D eigenvalue weighted by Gasteiger charge is -2.36. The summed E-state index contributed by atoms with van der Waals surface area (Å²) in [5.41, 5.74) is 3.01. The van der Waals surface area contributed by atoms with Gasteiger partial charge in [-0.2, -0.15) is 0 Å². The molecule has 0 aromatic rings. The van der Waals surface area contributed by atoms with Gasteiger partial charge in [-0.25, -0.2) is 0 Å². The third kappa shape index (κ3) is 7.49. The molecule has 4 atom stereocenters. The fourth-order valence-electron chi connectivity index (χ4n) is 5.68. The van der Waals surface area contributed by atoms with E-state index in [1.807, 2.05) is 0 Å². The van der Waals surface area contributed by atoms with Crippen molar-refractivity contribution >= 4 is 11.4 Å². The maximum absolute atomic E-state index is 5.39. The summed E-state index contributed by atoms with van der Waals surface area (Å²) in [5, 5.41) is 0. The molecule has 2 saturated carbocycles. The zero-order chi connectivity index (χ0) is 22.7. The average Bonchev–Trinajstić information content (AvgIpc) is 2.59. The van der Waals surface area contributed by atoms with E-state index in [-0.39, 0.29) is 11.1 Å². The van der Waals surface area contributed by atoms with Gasteiger partial charge in [-0.05, 0) is 115 Å². The van der Waals surface area contributed by atoms with Crippen LogP contribution in [0.15, 0.2) is 9.98 Å². The molecular formula is C28H52N2. The Hall–Kier alpha value is -0.660. The van der Waals surface area contributed by atoms with E-state index in [0.717, 1.165) is 24.7 Å². The van der Waals surface area contributed by atoms with Crippen molar-refractivity contribution in [1.82, 2.24) is 0 Å². The van der Waals surface area contributed by atoms with Gasteiger partial charge < -0.3 is 0 Å². The van der Waals surface area contributed by atoms with Crippen molar-refractivity contribution in [1.29, 1.82) is 0 Å². The number of aliphatic imine (C=N–C) groups is 2. The largest absolute Gasteiger partial charge is 0.288 e. The van der Waals surface area contributed by atoms with E-state index < -0.39 is 0 Å². The Kier molecular flexibility index (Phi) is 8.79. The molecule has 0 aliphatic heterocycles. The fourth-order valence-corrected chi connectivity index (χ4v) is 5.68. The summed E-state index contributed by atoms with van der Waals surface area (Å²) in [5.74, 6) is 4.36. The van der Waals surface area contributed by atoms with Crippen LogP contribution in [0.5, 0.6) is 0 Å². The van der Waals surface area contributed by atoms with Crippen LogP contribution in [0.2, 0.25) is 0 Å². The Bertz CT molecular complexity index is 554. The molecule has 0 bridgehead atoms. The van der Waals surface area contributed by atoms with Crippen LogP contribution in [-0.4, -0.2) is 22.5 Å². The van der Waals surface area contributed by atoms with Gasteiger partial charge in [-0.15, -0.1) is 0 Å². The van der Waals surface area contributed by atoms with Gasteiger partial charge in [0.25, 0.3) is 0 Å². The first-order valence-electron chi connectivity index (χ1n) is 13.0. The third-order valence-corrected chi connectivity index (χ3v) is 7.76. The molecular weight excluding hydrogens is 364 g/mol. The van der Waals surface area contributed by atoms with Crippen LogP contribution in [-0.2, 0) is 0 Å². The van der Waals surface area contributed by atoms with E-state index in [0.29, 0.717) is 23.7 Å². The zero-order valence-corrected chi connectivity index (χ0v) is 22.0. The second kappa shape index (κ2) is 10.3. The van der Waals surface area contributed by atoms with E-state index in [1.165, 1.54) is 49.9 Å². The first kappa shape index (κ1) is 25.6. The highest BCUT2D eigenvalue weighted by molar-refractivity contribution is 5.88. The Morgan fingerprint density at radius 1 is 0.667 bits per heavy atom. The highest BCUT2D eigenvalue weighted by atomic mass is 14.9. The molecule has 2 aliphatic carbocycles. The van der Waals surface area contributed by atoms with Crippen molar-refractivity contribution in [2.45, 2.75) is 132 Å². The standard InChI is InChI=1S/C28H52N2/c1-19(2)23-13-11-21(5)17-25(23)29-27(7,8)15-16-28(9,10)30-26-18-22(6)12-14-24(26)20(3)4/h19-24H,11-18H2,1-10H3. The van der Waals surface area contributed by atoms with Crippen molar-refractivity contribution in [3.8, 4) is 0 Å². The maximum atomic E-state index is 5.39. The monoisotopic (exact) mass is 416 g/mol.